The molecule has 2 nitrogen and oxygen atoms in total. The zero-order chi connectivity index (χ0) is 9.84. The van der Waals surface area contributed by atoms with Crippen LogP contribution >= 0.6 is 0 Å². The van der Waals surface area contributed by atoms with E-state index in [9.17, 15) is 4.79 Å². The maximum absolute atomic E-state index is 10.5. The van der Waals surface area contributed by atoms with Crippen LogP contribution in [-0.4, -0.2) is 5.91 Å². The second-order valence-corrected chi connectivity index (χ2v) is 3.10. The van der Waals surface area contributed by atoms with Crippen LogP contribution in [0.1, 0.15) is 16.7 Å². The molecule has 2 heteroatoms. The van der Waals surface area contributed by atoms with Crippen molar-refractivity contribution in [3.63, 3.8) is 0 Å². The molecule has 0 bridgehead atoms. The fourth-order valence-electron chi connectivity index (χ4n) is 1.18. The number of hydrogen-bond donors (Lipinski definition) is 1. The number of rotatable bonds is 2. The monoisotopic (exact) mass is 175 g/mol. The number of benzene rings is 1. The number of aryl methyl sites for hydroxylation is 2. The van der Waals surface area contributed by atoms with Gasteiger partial charge in [0.15, 0.2) is 0 Å². The SMILES string of the molecule is Cc1ccc(/C=C/C(N)=O)c(C)c1. The molecule has 0 saturated heterocycles. The summed E-state index contributed by atoms with van der Waals surface area (Å²) >= 11 is 0. The minimum Gasteiger partial charge on any atom is -0.366 e. The van der Waals surface area contributed by atoms with Crippen molar-refractivity contribution in [2.75, 3.05) is 0 Å². The highest BCUT2D eigenvalue weighted by molar-refractivity contribution is 5.90. The van der Waals surface area contributed by atoms with Crippen LogP contribution in [0.3, 0.4) is 0 Å². The van der Waals surface area contributed by atoms with Gasteiger partial charge in [0.2, 0.25) is 5.91 Å². The molecule has 1 amide bonds. The summed E-state index contributed by atoms with van der Waals surface area (Å²) in [7, 11) is 0. The molecule has 0 heterocycles. The van der Waals surface area contributed by atoms with E-state index in [1.807, 2.05) is 26.0 Å². The maximum Gasteiger partial charge on any atom is 0.241 e. The quantitative estimate of drug-likeness (QED) is 0.684. The van der Waals surface area contributed by atoms with Gasteiger partial charge in [0.1, 0.15) is 0 Å². The van der Waals surface area contributed by atoms with Gasteiger partial charge in [0.05, 0.1) is 0 Å². The van der Waals surface area contributed by atoms with E-state index >= 15 is 0 Å². The Balaban J connectivity index is 2.96. The molecule has 0 unspecified atom stereocenters. The average Bonchev–Trinajstić information content (AvgIpc) is 2.02. The Morgan fingerprint density at radius 3 is 2.62 bits per heavy atom. The molecule has 0 aliphatic carbocycles. The minimum absolute atomic E-state index is 0.417. The highest BCUT2D eigenvalue weighted by Crippen LogP contribution is 2.11. The molecule has 1 rings (SSSR count). The van der Waals surface area contributed by atoms with Gasteiger partial charge in [-0.3, -0.25) is 4.79 Å². The standard InChI is InChI=1S/C11H13NO/c1-8-3-4-10(9(2)7-8)5-6-11(12)13/h3-7H,1-2H3,(H2,12,13)/b6-5+. The molecule has 0 saturated carbocycles. The van der Waals surface area contributed by atoms with Crippen molar-refractivity contribution in [3.8, 4) is 0 Å². The molecule has 0 atom stereocenters. The first kappa shape index (κ1) is 9.52. The molecule has 0 spiro atoms. The lowest BCUT2D eigenvalue weighted by Gasteiger charge is -2.00. The molecular weight excluding hydrogens is 162 g/mol. The number of carbonyl (C=O) groups is 1. The Hall–Kier alpha value is -1.57. The lowest BCUT2D eigenvalue weighted by Crippen LogP contribution is -2.05. The van der Waals surface area contributed by atoms with Gasteiger partial charge in [-0.2, -0.15) is 0 Å². The van der Waals surface area contributed by atoms with Crippen LogP contribution in [0, 0.1) is 13.8 Å². The molecule has 68 valence electrons. The third-order valence-electron chi connectivity index (χ3n) is 1.85. The van der Waals surface area contributed by atoms with E-state index < -0.39 is 5.91 Å². The van der Waals surface area contributed by atoms with Crippen molar-refractivity contribution < 1.29 is 4.79 Å². The van der Waals surface area contributed by atoms with Gasteiger partial charge in [-0.05, 0) is 31.1 Å². The summed E-state index contributed by atoms with van der Waals surface area (Å²) in [5.41, 5.74) is 8.39. The Morgan fingerprint density at radius 2 is 2.08 bits per heavy atom. The van der Waals surface area contributed by atoms with Gasteiger partial charge in [0, 0.05) is 6.08 Å². The Kier molecular flexibility index (Phi) is 2.85. The number of primary amides is 1. The van der Waals surface area contributed by atoms with Crippen molar-refractivity contribution in [1.82, 2.24) is 0 Å². The second-order valence-electron chi connectivity index (χ2n) is 3.10. The van der Waals surface area contributed by atoms with Crippen LogP contribution < -0.4 is 5.73 Å². The summed E-state index contributed by atoms with van der Waals surface area (Å²) in [6, 6.07) is 6.05. The van der Waals surface area contributed by atoms with Gasteiger partial charge in [-0.1, -0.05) is 23.8 Å². The van der Waals surface area contributed by atoms with Crippen molar-refractivity contribution in [1.29, 1.82) is 0 Å². The fourth-order valence-corrected chi connectivity index (χ4v) is 1.18. The first-order valence-corrected chi connectivity index (χ1v) is 4.14. The molecule has 1 aromatic rings. The van der Waals surface area contributed by atoms with Crippen molar-refractivity contribution in [2.45, 2.75) is 13.8 Å². The van der Waals surface area contributed by atoms with E-state index in [-0.39, 0.29) is 0 Å². The molecule has 0 aliphatic rings. The smallest absolute Gasteiger partial charge is 0.241 e. The van der Waals surface area contributed by atoms with E-state index in [1.54, 1.807) is 6.08 Å². The van der Waals surface area contributed by atoms with Gasteiger partial charge in [-0.25, -0.2) is 0 Å². The van der Waals surface area contributed by atoms with Crippen LogP contribution in [0.5, 0.6) is 0 Å². The molecule has 1 aromatic carbocycles. The van der Waals surface area contributed by atoms with Crippen LogP contribution in [0.2, 0.25) is 0 Å². The summed E-state index contributed by atoms with van der Waals surface area (Å²) in [4.78, 5) is 10.5. The third kappa shape index (κ3) is 2.75. The first-order valence-electron chi connectivity index (χ1n) is 4.14. The number of nitrogens with two attached hydrogens (primary N) is 1. The summed E-state index contributed by atoms with van der Waals surface area (Å²) in [5.74, 6) is -0.417. The lowest BCUT2D eigenvalue weighted by molar-refractivity contribution is -0.113. The fraction of sp³-hybridized carbons (Fsp3) is 0.182. The zero-order valence-electron chi connectivity index (χ0n) is 7.87. The van der Waals surface area contributed by atoms with Crippen LogP contribution in [0.15, 0.2) is 24.3 Å². The predicted octanol–water partition coefficient (Wildman–Crippen LogP) is 1.80. The van der Waals surface area contributed by atoms with Gasteiger partial charge < -0.3 is 5.73 Å². The zero-order valence-corrected chi connectivity index (χ0v) is 7.87. The minimum atomic E-state index is -0.417. The van der Waals surface area contributed by atoms with E-state index in [0.717, 1.165) is 11.1 Å². The summed E-state index contributed by atoms with van der Waals surface area (Å²) in [6.07, 6.45) is 3.11. The summed E-state index contributed by atoms with van der Waals surface area (Å²) in [6.45, 7) is 4.04. The molecule has 0 radical (unpaired) electrons. The Morgan fingerprint density at radius 1 is 1.38 bits per heavy atom. The van der Waals surface area contributed by atoms with Crippen molar-refractivity contribution in [3.05, 3.63) is 41.0 Å². The molecule has 0 fully saturated rings. The number of hydrogen-bond acceptors (Lipinski definition) is 1. The molecule has 13 heavy (non-hydrogen) atoms. The lowest BCUT2D eigenvalue weighted by atomic mass is 10.1. The third-order valence-corrected chi connectivity index (χ3v) is 1.85. The van der Waals surface area contributed by atoms with Crippen molar-refractivity contribution in [2.24, 2.45) is 5.73 Å². The highest BCUT2D eigenvalue weighted by Gasteiger charge is 1.94. The second kappa shape index (κ2) is 3.90. The Labute approximate surface area is 78.1 Å². The first-order chi connectivity index (χ1) is 6.09. The van der Waals surface area contributed by atoms with Crippen LogP contribution in [0.4, 0.5) is 0 Å². The van der Waals surface area contributed by atoms with Crippen LogP contribution in [-0.2, 0) is 4.79 Å². The molecular formula is C11H13NO. The van der Waals surface area contributed by atoms with Gasteiger partial charge >= 0.3 is 0 Å². The molecule has 0 aliphatic heterocycles. The topological polar surface area (TPSA) is 43.1 Å². The van der Waals surface area contributed by atoms with Crippen molar-refractivity contribution >= 4 is 12.0 Å². The number of carbonyl (C=O) groups excluding carboxylic acids is 1. The number of amides is 1. The van der Waals surface area contributed by atoms with Crippen LogP contribution in [0.25, 0.3) is 6.08 Å². The van der Waals surface area contributed by atoms with E-state index in [1.165, 1.54) is 11.6 Å². The molecule has 0 aromatic heterocycles. The maximum atomic E-state index is 10.5. The van der Waals surface area contributed by atoms with E-state index in [0.29, 0.717) is 0 Å². The predicted molar refractivity (Wildman–Crippen MR) is 54.1 cm³/mol. The summed E-state index contributed by atoms with van der Waals surface area (Å²) in [5, 5.41) is 0. The highest BCUT2D eigenvalue weighted by atomic mass is 16.1. The summed E-state index contributed by atoms with van der Waals surface area (Å²) < 4.78 is 0. The normalized spacial score (nSPS) is 10.6. The average molecular weight is 175 g/mol. The Bertz CT molecular complexity index is 353. The van der Waals surface area contributed by atoms with E-state index in [4.69, 9.17) is 5.73 Å². The van der Waals surface area contributed by atoms with Gasteiger partial charge in [0.25, 0.3) is 0 Å². The van der Waals surface area contributed by atoms with E-state index in [2.05, 4.69) is 6.07 Å². The largest absolute Gasteiger partial charge is 0.366 e. The molecule has 2 N–H and O–H groups in total. The van der Waals surface area contributed by atoms with Gasteiger partial charge in [-0.15, -0.1) is 0 Å².